The molecule has 1 aromatic carbocycles. The van der Waals surface area contributed by atoms with Crippen LogP contribution in [0.25, 0.3) is 0 Å². The fraction of sp³-hybridized carbons (Fsp3) is 0.167. The highest BCUT2D eigenvalue weighted by atomic mass is 79.9. The number of benzene rings is 1. The van der Waals surface area contributed by atoms with E-state index in [0.717, 1.165) is 10.2 Å². The largest absolute Gasteiger partial charge is 0.376 e. The highest BCUT2D eigenvalue weighted by molar-refractivity contribution is 9.10. The van der Waals surface area contributed by atoms with Crippen molar-refractivity contribution in [3.05, 3.63) is 48.0 Å². The lowest BCUT2D eigenvalue weighted by atomic mass is 10.2. The molecular weight excluding hydrogens is 376 g/mol. The van der Waals surface area contributed by atoms with Crippen LogP contribution in [-0.2, 0) is 0 Å². The third-order valence-corrected chi connectivity index (χ3v) is 5.31. The zero-order chi connectivity index (χ0) is 13.3. The summed E-state index contributed by atoms with van der Waals surface area (Å²) < 4.78 is 1.08. The predicted octanol–water partition coefficient (Wildman–Crippen LogP) is 6.64. The average Bonchev–Trinajstić information content (AvgIpc) is 2.73. The van der Waals surface area contributed by atoms with Crippen molar-refractivity contribution in [3.63, 3.8) is 0 Å². The van der Waals surface area contributed by atoms with Crippen LogP contribution in [-0.4, -0.2) is 0 Å². The lowest BCUT2D eigenvalue weighted by Crippen LogP contribution is -2.05. The minimum absolute atomic E-state index is 0.149. The van der Waals surface area contributed by atoms with Crippen molar-refractivity contribution < 1.29 is 0 Å². The topological polar surface area (TPSA) is 12.0 Å². The first-order valence-corrected chi connectivity index (χ1v) is 7.93. The molecule has 0 fully saturated rings. The zero-order valence-electron chi connectivity index (χ0n) is 9.31. The quantitative estimate of drug-likeness (QED) is 0.584. The van der Waals surface area contributed by atoms with Crippen LogP contribution in [0, 0.1) is 0 Å². The van der Waals surface area contributed by atoms with E-state index >= 15 is 0 Å². The summed E-state index contributed by atoms with van der Waals surface area (Å²) in [5.74, 6) is 0. The minimum atomic E-state index is 0.149. The Morgan fingerprint density at radius 1 is 1.11 bits per heavy atom. The van der Waals surface area contributed by atoms with Gasteiger partial charge in [-0.2, -0.15) is 0 Å². The van der Waals surface area contributed by atoms with Gasteiger partial charge in [-0.05, 0) is 41.1 Å². The molecule has 1 aromatic heterocycles. The maximum atomic E-state index is 6.13. The van der Waals surface area contributed by atoms with Gasteiger partial charge in [0.25, 0.3) is 0 Å². The maximum Gasteiger partial charge on any atom is 0.0653 e. The molecule has 0 amide bonds. The number of rotatable bonds is 3. The minimum Gasteiger partial charge on any atom is -0.376 e. The zero-order valence-corrected chi connectivity index (χ0v) is 14.0. The number of anilines is 1. The van der Waals surface area contributed by atoms with E-state index in [1.807, 2.05) is 5.38 Å². The molecule has 1 nitrogen and oxygen atoms in total. The number of thiophene rings is 1. The van der Waals surface area contributed by atoms with Gasteiger partial charge in [0.1, 0.15) is 0 Å². The van der Waals surface area contributed by atoms with Crippen LogP contribution >= 0.6 is 62.1 Å². The van der Waals surface area contributed by atoms with Crippen LogP contribution < -0.4 is 5.32 Å². The first-order chi connectivity index (χ1) is 8.47. The standard InChI is InChI=1S/C12H9BrCl3NS/c1-6(12-2-7(13)5-18-12)17-11-4-9(15)8(14)3-10(11)16/h2-6,17H,1H3. The Morgan fingerprint density at radius 3 is 2.39 bits per heavy atom. The molecule has 1 N–H and O–H groups in total. The summed E-state index contributed by atoms with van der Waals surface area (Å²) in [5, 5.41) is 6.88. The van der Waals surface area contributed by atoms with Crippen LogP contribution in [0.5, 0.6) is 0 Å². The molecule has 2 rings (SSSR count). The fourth-order valence-corrected chi connectivity index (χ4v) is 3.55. The number of hydrogen-bond acceptors (Lipinski definition) is 2. The van der Waals surface area contributed by atoms with Crippen molar-refractivity contribution in [1.29, 1.82) is 0 Å². The molecule has 1 unspecified atom stereocenters. The van der Waals surface area contributed by atoms with Crippen molar-refractivity contribution >= 4 is 67.8 Å². The van der Waals surface area contributed by atoms with Crippen molar-refractivity contribution in [2.45, 2.75) is 13.0 Å². The lowest BCUT2D eigenvalue weighted by Gasteiger charge is -2.15. The number of nitrogens with one attached hydrogen (secondary N) is 1. The molecule has 1 heterocycles. The van der Waals surface area contributed by atoms with Crippen LogP contribution in [0.4, 0.5) is 5.69 Å². The second-order valence-electron chi connectivity index (χ2n) is 3.78. The van der Waals surface area contributed by atoms with Gasteiger partial charge in [-0.25, -0.2) is 0 Å². The van der Waals surface area contributed by atoms with E-state index in [9.17, 15) is 0 Å². The molecule has 0 aliphatic carbocycles. The van der Waals surface area contributed by atoms with Crippen LogP contribution in [0.3, 0.4) is 0 Å². The third-order valence-electron chi connectivity index (χ3n) is 2.40. The molecule has 6 heteroatoms. The van der Waals surface area contributed by atoms with Gasteiger partial charge >= 0.3 is 0 Å². The predicted molar refractivity (Wildman–Crippen MR) is 85.5 cm³/mol. The van der Waals surface area contributed by atoms with E-state index in [1.54, 1.807) is 23.5 Å². The fourth-order valence-electron chi connectivity index (χ4n) is 1.49. The molecule has 0 spiro atoms. The van der Waals surface area contributed by atoms with Crippen LogP contribution in [0.2, 0.25) is 15.1 Å². The van der Waals surface area contributed by atoms with Gasteiger partial charge < -0.3 is 5.32 Å². The first-order valence-electron chi connectivity index (χ1n) is 5.12. The van der Waals surface area contributed by atoms with Gasteiger partial charge in [0, 0.05) is 14.7 Å². The van der Waals surface area contributed by atoms with Crippen molar-refractivity contribution in [2.24, 2.45) is 0 Å². The third kappa shape index (κ3) is 3.34. The number of hydrogen-bond donors (Lipinski definition) is 1. The van der Waals surface area contributed by atoms with Crippen LogP contribution in [0.1, 0.15) is 17.8 Å². The molecule has 96 valence electrons. The van der Waals surface area contributed by atoms with Gasteiger partial charge in [-0.15, -0.1) is 11.3 Å². The highest BCUT2D eigenvalue weighted by Crippen LogP contribution is 2.35. The van der Waals surface area contributed by atoms with E-state index in [2.05, 4.69) is 34.2 Å². The average molecular weight is 386 g/mol. The molecule has 0 radical (unpaired) electrons. The molecule has 0 aliphatic rings. The maximum absolute atomic E-state index is 6.13. The first kappa shape index (κ1) is 14.5. The van der Waals surface area contributed by atoms with Crippen molar-refractivity contribution in [2.75, 3.05) is 5.32 Å². The Morgan fingerprint density at radius 2 is 1.78 bits per heavy atom. The number of halogens is 4. The highest BCUT2D eigenvalue weighted by Gasteiger charge is 2.11. The Bertz CT molecular complexity index is 570. The van der Waals surface area contributed by atoms with Crippen molar-refractivity contribution in [3.8, 4) is 0 Å². The summed E-state index contributed by atoms with van der Waals surface area (Å²) >= 11 is 23.1. The van der Waals surface area contributed by atoms with Gasteiger partial charge in [-0.1, -0.05) is 34.8 Å². The molecule has 0 aliphatic heterocycles. The second kappa shape index (κ2) is 6.02. The van der Waals surface area contributed by atoms with Gasteiger partial charge in [-0.3, -0.25) is 0 Å². The van der Waals surface area contributed by atoms with Crippen molar-refractivity contribution in [1.82, 2.24) is 0 Å². The molecule has 0 saturated heterocycles. The Labute approximate surface area is 133 Å². The van der Waals surface area contributed by atoms with E-state index in [0.29, 0.717) is 15.1 Å². The molecule has 2 aromatic rings. The summed E-state index contributed by atoms with van der Waals surface area (Å²) in [5.41, 5.74) is 0.781. The van der Waals surface area contributed by atoms with E-state index in [1.165, 1.54) is 4.88 Å². The van der Waals surface area contributed by atoms with E-state index < -0.39 is 0 Å². The molecular formula is C12H9BrCl3NS. The monoisotopic (exact) mass is 383 g/mol. The van der Waals surface area contributed by atoms with Gasteiger partial charge in [0.05, 0.1) is 26.8 Å². The van der Waals surface area contributed by atoms with Gasteiger partial charge in [0.15, 0.2) is 0 Å². The second-order valence-corrected chi connectivity index (χ2v) is 6.86. The smallest absolute Gasteiger partial charge is 0.0653 e. The SMILES string of the molecule is CC(Nc1cc(Cl)c(Cl)cc1Cl)c1cc(Br)cs1. The summed E-state index contributed by atoms with van der Waals surface area (Å²) in [7, 11) is 0. The molecule has 0 saturated carbocycles. The molecule has 1 atom stereocenters. The Hall–Kier alpha value is 0.0700. The summed E-state index contributed by atoms with van der Waals surface area (Å²) in [6, 6.07) is 5.61. The van der Waals surface area contributed by atoms with Gasteiger partial charge in [0.2, 0.25) is 0 Å². The normalized spacial score (nSPS) is 12.5. The van der Waals surface area contributed by atoms with E-state index in [4.69, 9.17) is 34.8 Å². The summed E-state index contributed by atoms with van der Waals surface area (Å²) in [4.78, 5) is 1.21. The van der Waals surface area contributed by atoms with E-state index in [-0.39, 0.29) is 6.04 Å². The lowest BCUT2D eigenvalue weighted by molar-refractivity contribution is 0.908. The Kier molecular flexibility index (Phi) is 4.84. The van der Waals surface area contributed by atoms with Crippen LogP contribution in [0.15, 0.2) is 28.1 Å². The Balaban J connectivity index is 2.21. The summed E-state index contributed by atoms with van der Waals surface area (Å²) in [6.07, 6.45) is 0. The molecule has 18 heavy (non-hydrogen) atoms. The molecule has 0 bridgehead atoms. The summed E-state index contributed by atoms with van der Waals surface area (Å²) in [6.45, 7) is 2.07.